The summed E-state index contributed by atoms with van der Waals surface area (Å²) in [6, 6.07) is 0. The van der Waals surface area contributed by atoms with Gasteiger partial charge in [0, 0.05) is 19.6 Å². The molecule has 0 bridgehead atoms. The molecule has 1 heterocycles. The van der Waals surface area contributed by atoms with Gasteiger partial charge in [-0.2, -0.15) is 0 Å². The maximum absolute atomic E-state index is 12.0. The number of carbonyl (C=O) groups is 1. The minimum atomic E-state index is -4.43. The number of esters is 1. The molecule has 0 aromatic rings. The molecule has 1 unspecified atom stereocenters. The lowest BCUT2D eigenvalue weighted by Gasteiger charge is -2.31. The molecular weight excluding hydrogens is 298 g/mol. The molecule has 2 rings (SSSR count). The molecule has 1 saturated heterocycles. The van der Waals surface area contributed by atoms with Crippen molar-refractivity contribution in [1.29, 1.82) is 0 Å². The molecule has 8 heteroatoms. The van der Waals surface area contributed by atoms with Crippen LogP contribution in [0.4, 0.5) is 0 Å². The zero-order chi connectivity index (χ0) is 15.3. The van der Waals surface area contributed by atoms with Crippen molar-refractivity contribution in [2.75, 3.05) is 38.6 Å². The summed E-state index contributed by atoms with van der Waals surface area (Å²) in [4.78, 5) is 14.0. The summed E-state index contributed by atoms with van der Waals surface area (Å²) < 4.78 is 43.5. The van der Waals surface area contributed by atoms with Gasteiger partial charge in [0.15, 0.2) is 0 Å². The summed E-state index contributed by atoms with van der Waals surface area (Å²) in [6.45, 7) is 2.69. The second-order valence-electron chi connectivity index (χ2n) is 5.68. The van der Waals surface area contributed by atoms with Crippen molar-refractivity contribution >= 4 is 16.1 Å². The van der Waals surface area contributed by atoms with Crippen LogP contribution < -0.4 is 0 Å². The van der Waals surface area contributed by atoms with Crippen LogP contribution in [0, 0.1) is 5.92 Å². The molecule has 0 amide bonds. The molecule has 1 atom stereocenters. The zero-order valence-electron chi connectivity index (χ0n) is 12.0. The topological polar surface area (TPSA) is 96.0 Å². The maximum atomic E-state index is 12.0. The summed E-state index contributed by atoms with van der Waals surface area (Å²) in [5.74, 6) is -1.18. The molecule has 0 radical (unpaired) electrons. The molecule has 2 aliphatic rings. The highest BCUT2D eigenvalue weighted by molar-refractivity contribution is 7.85. The second kappa shape index (κ2) is 7.53. The Kier molecular flexibility index (Phi) is 5.98. The Morgan fingerprint density at radius 3 is 2.48 bits per heavy atom. The van der Waals surface area contributed by atoms with Gasteiger partial charge in [-0.15, -0.1) is 0 Å². The summed E-state index contributed by atoms with van der Waals surface area (Å²) in [5, 5.41) is 0. The van der Waals surface area contributed by atoms with Gasteiger partial charge in [-0.25, -0.2) is 8.42 Å². The lowest BCUT2D eigenvalue weighted by atomic mass is 10.1. The van der Waals surface area contributed by atoms with Crippen molar-refractivity contribution in [3.63, 3.8) is 0 Å². The van der Waals surface area contributed by atoms with E-state index >= 15 is 0 Å². The maximum Gasteiger partial charge on any atom is 0.309 e. The van der Waals surface area contributed by atoms with Crippen LogP contribution in [0.5, 0.6) is 0 Å². The van der Waals surface area contributed by atoms with E-state index in [1.165, 1.54) is 0 Å². The summed E-state index contributed by atoms with van der Waals surface area (Å²) in [6.07, 6.45) is 2.67. The normalized spacial score (nSPS) is 23.1. The monoisotopic (exact) mass is 320 g/mol. The fraction of sp³-hybridized carbons (Fsp3) is 0.923. The second-order valence-corrected chi connectivity index (χ2v) is 7.13. The molecule has 0 spiro atoms. The van der Waals surface area contributed by atoms with Crippen LogP contribution in [0.15, 0.2) is 0 Å². The average molecular weight is 320 g/mol. The number of nitrogens with zero attached hydrogens (tertiary/aromatic N) is 1. The van der Waals surface area contributed by atoms with Crippen LogP contribution in [0.3, 0.4) is 0 Å². The van der Waals surface area contributed by atoms with Gasteiger partial charge < -0.3 is 14.0 Å². The summed E-state index contributed by atoms with van der Waals surface area (Å²) >= 11 is 0. The van der Waals surface area contributed by atoms with Gasteiger partial charge in [0.2, 0.25) is 0 Å². The number of rotatable bonds is 6. The van der Waals surface area contributed by atoms with Crippen LogP contribution in [0.1, 0.15) is 25.7 Å². The van der Waals surface area contributed by atoms with Crippen LogP contribution in [-0.4, -0.2) is 68.5 Å². The summed E-state index contributed by atoms with van der Waals surface area (Å²) in [7, 11) is -4.43. The molecule has 1 aliphatic heterocycles. The lowest BCUT2D eigenvalue weighted by Crippen LogP contribution is -2.44. The van der Waals surface area contributed by atoms with Gasteiger partial charge in [-0.05, 0) is 12.8 Å². The van der Waals surface area contributed by atoms with Crippen LogP contribution in [-0.2, 0) is 24.4 Å². The van der Waals surface area contributed by atoms with Crippen molar-refractivity contribution in [3.05, 3.63) is 0 Å². The third kappa shape index (κ3) is 5.90. The fourth-order valence-corrected chi connectivity index (χ4v) is 3.47. The van der Waals surface area contributed by atoms with Crippen molar-refractivity contribution in [1.82, 2.24) is 4.90 Å². The predicted molar refractivity (Wildman–Crippen MR) is 73.7 cm³/mol. The molecule has 1 saturated carbocycles. The molecule has 0 N–H and O–H groups in total. The minimum absolute atomic E-state index is 0.147. The first kappa shape index (κ1) is 16.7. The van der Waals surface area contributed by atoms with Crippen molar-refractivity contribution < 1.29 is 27.2 Å². The molecule has 2 fully saturated rings. The Labute approximate surface area is 125 Å². The van der Waals surface area contributed by atoms with E-state index in [1.807, 2.05) is 4.90 Å². The Morgan fingerprint density at radius 2 is 1.90 bits per heavy atom. The minimum Gasteiger partial charge on any atom is -0.748 e. The number of morpholine rings is 1. The average Bonchev–Trinajstić information content (AvgIpc) is 2.91. The van der Waals surface area contributed by atoms with Crippen LogP contribution in [0.2, 0.25) is 0 Å². The number of carbonyl (C=O) groups excluding carboxylic acids is 1. The lowest BCUT2D eigenvalue weighted by molar-refractivity contribution is -0.154. The predicted octanol–water partition coefficient (Wildman–Crippen LogP) is -0.0342. The van der Waals surface area contributed by atoms with E-state index in [0.29, 0.717) is 26.3 Å². The van der Waals surface area contributed by atoms with E-state index in [1.54, 1.807) is 0 Å². The molecule has 0 aromatic heterocycles. The zero-order valence-corrected chi connectivity index (χ0v) is 12.8. The highest BCUT2D eigenvalue weighted by Crippen LogP contribution is 2.26. The van der Waals surface area contributed by atoms with Gasteiger partial charge in [0.25, 0.3) is 0 Å². The molecule has 122 valence electrons. The van der Waals surface area contributed by atoms with Gasteiger partial charge in [-0.3, -0.25) is 9.69 Å². The molecule has 21 heavy (non-hydrogen) atoms. The van der Waals surface area contributed by atoms with Crippen molar-refractivity contribution in [2.24, 2.45) is 5.92 Å². The van der Waals surface area contributed by atoms with E-state index in [0.717, 1.165) is 25.7 Å². The van der Waals surface area contributed by atoms with Gasteiger partial charge in [0.05, 0.1) is 35.0 Å². The Balaban J connectivity index is 1.92. The third-order valence-electron chi connectivity index (χ3n) is 3.93. The first-order valence-electron chi connectivity index (χ1n) is 7.38. The Hall–Kier alpha value is -0.700. The number of hydrogen-bond acceptors (Lipinski definition) is 7. The Morgan fingerprint density at radius 1 is 1.29 bits per heavy atom. The van der Waals surface area contributed by atoms with Crippen LogP contribution in [0.25, 0.3) is 0 Å². The van der Waals surface area contributed by atoms with E-state index in [4.69, 9.17) is 9.47 Å². The highest BCUT2D eigenvalue weighted by Gasteiger charge is 2.28. The summed E-state index contributed by atoms with van der Waals surface area (Å²) in [5.41, 5.74) is 0. The largest absolute Gasteiger partial charge is 0.748 e. The van der Waals surface area contributed by atoms with Gasteiger partial charge in [-0.1, -0.05) is 12.8 Å². The SMILES string of the molecule is O=C(OC(CN1CCOCC1)CS(=O)(=O)[O-])C1CCCC1. The first-order valence-corrected chi connectivity index (χ1v) is 8.96. The standard InChI is InChI=1S/C13H23NO6S/c15-13(11-3-1-2-4-11)20-12(10-21(16,17)18)9-14-5-7-19-8-6-14/h11-12H,1-10H2,(H,16,17,18)/p-1. The third-order valence-corrected chi connectivity index (χ3v) is 4.71. The van der Waals surface area contributed by atoms with E-state index in [2.05, 4.69) is 0 Å². The van der Waals surface area contributed by atoms with E-state index in [9.17, 15) is 17.8 Å². The van der Waals surface area contributed by atoms with Crippen molar-refractivity contribution in [3.8, 4) is 0 Å². The van der Waals surface area contributed by atoms with Crippen LogP contribution >= 0.6 is 0 Å². The van der Waals surface area contributed by atoms with E-state index in [-0.39, 0.29) is 18.4 Å². The van der Waals surface area contributed by atoms with E-state index < -0.39 is 22.0 Å². The molecule has 7 nitrogen and oxygen atoms in total. The number of ether oxygens (including phenoxy) is 2. The molecule has 0 aromatic carbocycles. The Bertz CT molecular complexity index is 440. The first-order chi connectivity index (χ1) is 9.94. The van der Waals surface area contributed by atoms with Gasteiger partial charge >= 0.3 is 5.97 Å². The fourth-order valence-electron chi connectivity index (χ4n) is 2.85. The highest BCUT2D eigenvalue weighted by atomic mass is 32.2. The number of hydrogen-bond donors (Lipinski definition) is 0. The smallest absolute Gasteiger partial charge is 0.309 e. The molecular formula is C13H22NO6S-. The van der Waals surface area contributed by atoms with Crippen molar-refractivity contribution in [2.45, 2.75) is 31.8 Å². The quantitative estimate of drug-likeness (QED) is 0.500. The van der Waals surface area contributed by atoms with Gasteiger partial charge in [0.1, 0.15) is 6.10 Å². The molecule has 1 aliphatic carbocycles.